The van der Waals surface area contributed by atoms with Gasteiger partial charge in [-0.05, 0) is 37.7 Å². The van der Waals surface area contributed by atoms with Crippen molar-refractivity contribution in [1.82, 2.24) is 9.88 Å². The van der Waals surface area contributed by atoms with Crippen LogP contribution in [0.3, 0.4) is 0 Å². The molecule has 138 valence electrons. The van der Waals surface area contributed by atoms with Crippen LogP contribution in [0.5, 0.6) is 0 Å². The summed E-state index contributed by atoms with van der Waals surface area (Å²) in [6, 6.07) is 6.64. The first-order chi connectivity index (χ1) is 12.6. The molecule has 2 aromatic rings. The SMILES string of the molecule is CCOC(=O)Nc1ccc(C(=O)Nc2nc3c(s2)CN(CC)CC3)cc1. The van der Waals surface area contributed by atoms with E-state index in [2.05, 4.69) is 27.4 Å². The standard InChI is InChI=1S/C18H22N4O3S/c1-3-22-10-9-14-15(11-22)26-17(20-14)21-16(23)12-5-7-13(8-6-12)19-18(24)25-4-2/h5-8H,3-4,9-11H2,1-2H3,(H,19,24)(H,20,21,23). The van der Waals surface area contributed by atoms with Crippen molar-refractivity contribution in [3.05, 3.63) is 40.4 Å². The van der Waals surface area contributed by atoms with E-state index in [4.69, 9.17) is 4.74 Å². The molecule has 8 heteroatoms. The number of benzene rings is 1. The molecular weight excluding hydrogens is 352 g/mol. The topological polar surface area (TPSA) is 83.6 Å². The molecule has 2 amide bonds. The van der Waals surface area contributed by atoms with Gasteiger partial charge in [0.05, 0.1) is 12.3 Å². The minimum atomic E-state index is -0.515. The Balaban J connectivity index is 1.62. The molecular formula is C18H22N4O3S. The summed E-state index contributed by atoms with van der Waals surface area (Å²) in [4.78, 5) is 31.9. The van der Waals surface area contributed by atoms with Gasteiger partial charge in [-0.1, -0.05) is 6.92 Å². The van der Waals surface area contributed by atoms with Gasteiger partial charge in [0.25, 0.3) is 5.91 Å². The lowest BCUT2D eigenvalue weighted by molar-refractivity contribution is 0.102. The van der Waals surface area contributed by atoms with Gasteiger partial charge in [0.2, 0.25) is 0 Å². The molecule has 0 radical (unpaired) electrons. The molecule has 1 aliphatic heterocycles. The molecule has 1 aliphatic rings. The number of nitrogens with one attached hydrogen (secondary N) is 2. The van der Waals surface area contributed by atoms with E-state index >= 15 is 0 Å². The zero-order valence-corrected chi connectivity index (χ0v) is 15.7. The van der Waals surface area contributed by atoms with E-state index in [-0.39, 0.29) is 5.91 Å². The monoisotopic (exact) mass is 374 g/mol. The Morgan fingerprint density at radius 1 is 1.23 bits per heavy atom. The molecule has 0 atom stereocenters. The molecule has 0 fully saturated rings. The van der Waals surface area contributed by atoms with Crippen molar-refractivity contribution < 1.29 is 14.3 Å². The number of likely N-dealkylation sites (N-methyl/N-ethyl adjacent to an activating group) is 1. The minimum absolute atomic E-state index is 0.217. The zero-order valence-electron chi connectivity index (χ0n) is 14.9. The minimum Gasteiger partial charge on any atom is -0.450 e. The van der Waals surface area contributed by atoms with Crippen LogP contribution in [-0.2, 0) is 17.7 Å². The van der Waals surface area contributed by atoms with Gasteiger partial charge in [-0.25, -0.2) is 9.78 Å². The molecule has 0 unspecified atom stereocenters. The second-order valence-corrected chi connectivity index (χ2v) is 6.97. The van der Waals surface area contributed by atoms with E-state index in [9.17, 15) is 9.59 Å². The molecule has 0 saturated heterocycles. The maximum Gasteiger partial charge on any atom is 0.411 e. The Kier molecular flexibility index (Phi) is 5.85. The fourth-order valence-corrected chi connectivity index (χ4v) is 3.78. The van der Waals surface area contributed by atoms with Crippen LogP contribution in [0.4, 0.5) is 15.6 Å². The number of fused-ring (bicyclic) bond motifs is 1. The fourth-order valence-electron chi connectivity index (χ4n) is 2.73. The predicted molar refractivity (Wildman–Crippen MR) is 102 cm³/mol. The number of hydrogen-bond acceptors (Lipinski definition) is 6. The number of nitrogens with zero attached hydrogens (tertiary/aromatic N) is 2. The van der Waals surface area contributed by atoms with E-state index in [1.165, 1.54) is 16.2 Å². The Morgan fingerprint density at radius 2 is 2.00 bits per heavy atom. The van der Waals surface area contributed by atoms with E-state index < -0.39 is 6.09 Å². The third-order valence-electron chi connectivity index (χ3n) is 4.15. The summed E-state index contributed by atoms with van der Waals surface area (Å²) in [6.45, 7) is 7.12. The van der Waals surface area contributed by atoms with Crippen LogP contribution in [0.2, 0.25) is 0 Å². The predicted octanol–water partition coefficient (Wildman–Crippen LogP) is 3.34. The summed E-state index contributed by atoms with van der Waals surface area (Å²) in [5.41, 5.74) is 2.16. The first-order valence-corrected chi connectivity index (χ1v) is 9.46. The molecule has 2 heterocycles. The number of ether oxygens (including phenoxy) is 1. The van der Waals surface area contributed by atoms with Gasteiger partial charge in [0.15, 0.2) is 5.13 Å². The normalized spacial score (nSPS) is 13.8. The number of aromatic nitrogens is 1. The Morgan fingerprint density at radius 3 is 2.69 bits per heavy atom. The number of carbonyl (C=O) groups excluding carboxylic acids is 2. The van der Waals surface area contributed by atoms with Crippen LogP contribution in [0.1, 0.15) is 34.8 Å². The lowest BCUT2D eigenvalue weighted by Gasteiger charge is -2.23. The maximum atomic E-state index is 12.4. The summed E-state index contributed by atoms with van der Waals surface area (Å²) in [6.07, 6.45) is 0.406. The molecule has 0 bridgehead atoms. The molecule has 1 aromatic carbocycles. The summed E-state index contributed by atoms with van der Waals surface area (Å²) in [7, 11) is 0. The number of hydrogen-bond donors (Lipinski definition) is 2. The number of amides is 2. The molecule has 0 spiro atoms. The van der Waals surface area contributed by atoms with Crippen LogP contribution >= 0.6 is 11.3 Å². The maximum absolute atomic E-state index is 12.4. The van der Waals surface area contributed by atoms with Crippen molar-refractivity contribution in [3.8, 4) is 0 Å². The van der Waals surface area contributed by atoms with Crippen LogP contribution in [0.25, 0.3) is 0 Å². The quantitative estimate of drug-likeness (QED) is 0.839. The summed E-state index contributed by atoms with van der Waals surface area (Å²) >= 11 is 1.54. The highest BCUT2D eigenvalue weighted by Gasteiger charge is 2.20. The van der Waals surface area contributed by atoms with Crippen molar-refractivity contribution in [3.63, 3.8) is 0 Å². The Bertz CT molecular complexity index is 788. The average molecular weight is 374 g/mol. The van der Waals surface area contributed by atoms with E-state index in [0.29, 0.717) is 23.0 Å². The van der Waals surface area contributed by atoms with E-state index in [1.54, 1.807) is 31.2 Å². The first kappa shape index (κ1) is 18.3. The molecule has 26 heavy (non-hydrogen) atoms. The number of carbonyl (C=O) groups is 2. The van der Waals surface area contributed by atoms with Gasteiger partial charge >= 0.3 is 6.09 Å². The van der Waals surface area contributed by atoms with Crippen LogP contribution < -0.4 is 10.6 Å². The fraction of sp³-hybridized carbons (Fsp3) is 0.389. The van der Waals surface area contributed by atoms with Crippen molar-refractivity contribution in [2.24, 2.45) is 0 Å². The highest BCUT2D eigenvalue weighted by Crippen LogP contribution is 2.28. The second-order valence-electron chi connectivity index (χ2n) is 5.88. The smallest absolute Gasteiger partial charge is 0.411 e. The highest BCUT2D eigenvalue weighted by atomic mass is 32.1. The Labute approximate surface area is 156 Å². The van der Waals surface area contributed by atoms with Crippen molar-refractivity contribution in [2.45, 2.75) is 26.8 Å². The third kappa shape index (κ3) is 4.39. The van der Waals surface area contributed by atoms with Crippen LogP contribution in [0.15, 0.2) is 24.3 Å². The molecule has 0 aliphatic carbocycles. The zero-order chi connectivity index (χ0) is 18.5. The summed E-state index contributed by atoms with van der Waals surface area (Å²) in [5.74, 6) is -0.217. The van der Waals surface area contributed by atoms with Gasteiger partial charge in [0.1, 0.15) is 0 Å². The van der Waals surface area contributed by atoms with Gasteiger partial charge in [-0.15, -0.1) is 11.3 Å². The summed E-state index contributed by atoms with van der Waals surface area (Å²) in [5, 5.41) is 6.09. The third-order valence-corrected chi connectivity index (χ3v) is 5.14. The van der Waals surface area contributed by atoms with Gasteiger partial charge in [-0.2, -0.15) is 0 Å². The van der Waals surface area contributed by atoms with Gasteiger partial charge < -0.3 is 4.74 Å². The first-order valence-electron chi connectivity index (χ1n) is 8.65. The average Bonchev–Trinajstić information content (AvgIpc) is 3.03. The van der Waals surface area contributed by atoms with E-state index in [1.807, 2.05) is 0 Å². The summed E-state index contributed by atoms with van der Waals surface area (Å²) < 4.78 is 4.82. The number of anilines is 2. The second kappa shape index (κ2) is 8.29. The number of thiazole rings is 1. The lowest BCUT2D eigenvalue weighted by atomic mass is 10.2. The molecule has 3 rings (SSSR count). The Hall–Kier alpha value is -2.45. The lowest BCUT2D eigenvalue weighted by Crippen LogP contribution is -2.29. The number of rotatable bonds is 5. The molecule has 7 nitrogen and oxygen atoms in total. The van der Waals surface area contributed by atoms with Crippen molar-refractivity contribution in [1.29, 1.82) is 0 Å². The van der Waals surface area contributed by atoms with Crippen LogP contribution in [0, 0.1) is 0 Å². The van der Waals surface area contributed by atoms with Crippen molar-refractivity contribution in [2.75, 3.05) is 30.3 Å². The molecule has 0 saturated carbocycles. The highest BCUT2D eigenvalue weighted by molar-refractivity contribution is 7.15. The molecule has 2 N–H and O–H groups in total. The van der Waals surface area contributed by atoms with Gasteiger partial charge in [-0.3, -0.25) is 20.3 Å². The van der Waals surface area contributed by atoms with E-state index in [0.717, 1.165) is 31.7 Å². The van der Waals surface area contributed by atoms with Crippen molar-refractivity contribution >= 4 is 34.2 Å². The van der Waals surface area contributed by atoms with Crippen LogP contribution in [-0.4, -0.2) is 41.6 Å². The largest absolute Gasteiger partial charge is 0.450 e. The molecule has 1 aromatic heterocycles. The van der Waals surface area contributed by atoms with Gasteiger partial charge in [0, 0.05) is 35.6 Å².